The van der Waals surface area contributed by atoms with Crippen LogP contribution in [0, 0.1) is 0 Å². The van der Waals surface area contributed by atoms with Gasteiger partial charge in [-0.2, -0.15) is 18.3 Å². The monoisotopic (exact) mass is 401 g/mol. The highest BCUT2D eigenvalue weighted by Crippen LogP contribution is 2.39. The molecule has 1 saturated heterocycles. The minimum atomic E-state index is -4.49. The molecule has 152 valence electrons. The fourth-order valence-electron chi connectivity index (χ4n) is 3.59. The Hall–Kier alpha value is -2.80. The number of nitrogens with one attached hydrogen (secondary N) is 1. The van der Waals surface area contributed by atoms with Gasteiger partial charge in [0, 0.05) is 11.8 Å². The smallest absolute Gasteiger partial charge is 0.417 e. The lowest BCUT2D eigenvalue weighted by atomic mass is 10.0. The second-order valence-electron chi connectivity index (χ2n) is 7.17. The minimum absolute atomic E-state index is 0.116. The quantitative estimate of drug-likeness (QED) is 0.649. The first-order valence-electron chi connectivity index (χ1n) is 9.64. The second kappa shape index (κ2) is 8.29. The normalized spacial score (nSPS) is 15.4. The summed E-state index contributed by atoms with van der Waals surface area (Å²) in [5.74, 6) is 0.190. The highest BCUT2D eigenvalue weighted by molar-refractivity contribution is 5.68. The van der Waals surface area contributed by atoms with Crippen LogP contribution in [-0.2, 0) is 12.8 Å². The molecule has 3 aromatic rings. The Morgan fingerprint density at radius 2 is 1.83 bits per heavy atom. The summed E-state index contributed by atoms with van der Waals surface area (Å²) < 4.78 is 48.6. The number of alkyl halides is 3. The molecule has 0 aliphatic carbocycles. The van der Waals surface area contributed by atoms with E-state index in [4.69, 9.17) is 4.74 Å². The van der Waals surface area contributed by atoms with Crippen LogP contribution in [0.5, 0.6) is 5.75 Å². The number of hydrogen-bond donors (Lipinski definition) is 1. The van der Waals surface area contributed by atoms with Crippen molar-refractivity contribution in [1.29, 1.82) is 0 Å². The largest absolute Gasteiger partial charge is 0.489 e. The van der Waals surface area contributed by atoms with E-state index in [2.05, 4.69) is 10.4 Å². The van der Waals surface area contributed by atoms with Crippen LogP contribution in [0.2, 0.25) is 0 Å². The lowest BCUT2D eigenvalue weighted by Crippen LogP contribution is -2.29. The first kappa shape index (κ1) is 19.5. The topological polar surface area (TPSA) is 39.1 Å². The Balaban J connectivity index is 1.59. The molecule has 0 atom stereocenters. The number of hydrogen-bond acceptors (Lipinski definition) is 3. The van der Waals surface area contributed by atoms with Gasteiger partial charge < -0.3 is 10.1 Å². The van der Waals surface area contributed by atoms with E-state index in [1.165, 1.54) is 12.3 Å². The summed E-state index contributed by atoms with van der Waals surface area (Å²) in [6.45, 7) is 1.99. The second-order valence-corrected chi connectivity index (χ2v) is 7.17. The summed E-state index contributed by atoms with van der Waals surface area (Å²) in [4.78, 5) is 0. The number of rotatable bonds is 5. The molecule has 2 aromatic carbocycles. The molecule has 1 aliphatic rings. The molecule has 0 unspecified atom stereocenters. The van der Waals surface area contributed by atoms with Crippen molar-refractivity contribution in [2.45, 2.75) is 31.7 Å². The molecule has 7 heteroatoms. The number of aromatic nitrogens is 2. The predicted octanol–water partition coefficient (Wildman–Crippen LogP) is 5.07. The summed E-state index contributed by atoms with van der Waals surface area (Å²) >= 11 is 0. The summed E-state index contributed by atoms with van der Waals surface area (Å²) in [5.41, 5.74) is 0.761. The SMILES string of the molecule is FC(F)(F)c1cc(OCc2ccccc2)ccc1-c1cnn(C2CCNCC2)c1. The lowest BCUT2D eigenvalue weighted by Gasteiger charge is -2.22. The fraction of sp³-hybridized carbons (Fsp3) is 0.318. The van der Waals surface area contributed by atoms with Gasteiger partial charge in [0.05, 0.1) is 17.8 Å². The van der Waals surface area contributed by atoms with Crippen molar-refractivity contribution < 1.29 is 17.9 Å². The summed E-state index contributed by atoms with van der Waals surface area (Å²) in [7, 11) is 0. The average Bonchev–Trinajstić information content (AvgIpc) is 3.23. The summed E-state index contributed by atoms with van der Waals surface area (Å²) in [6, 6.07) is 13.7. The Morgan fingerprint density at radius 1 is 1.07 bits per heavy atom. The molecule has 4 rings (SSSR count). The van der Waals surface area contributed by atoms with Gasteiger partial charge in [0.2, 0.25) is 0 Å². The van der Waals surface area contributed by atoms with Crippen LogP contribution in [0.1, 0.15) is 30.0 Å². The van der Waals surface area contributed by atoms with Gasteiger partial charge in [-0.3, -0.25) is 4.68 Å². The Morgan fingerprint density at radius 3 is 2.55 bits per heavy atom. The molecule has 0 radical (unpaired) electrons. The van der Waals surface area contributed by atoms with E-state index in [1.54, 1.807) is 16.9 Å². The van der Waals surface area contributed by atoms with E-state index in [1.807, 2.05) is 30.3 Å². The predicted molar refractivity (Wildman–Crippen MR) is 105 cm³/mol. The van der Waals surface area contributed by atoms with Gasteiger partial charge in [0.15, 0.2) is 0 Å². The maximum Gasteiger partial charge on any atom is 0.417 e. The van der Waals surface area contributed by atoms with E-state index in [9.17, 15) is 13.2 Å². The lowest BCUT2D eigenvalue weighted by molar-refractivity contribution is -0.137. The molecule has 1 N–H and O–H groups in total. The number of piperidine rings is 1. The molecular formula is C22H22F3N3O. The van der Waals surface area contributed by atoms with Gasteiger partial charge in [0.25, 0.3) is 0 Å². The van der Waals surface area contributed by atoms with Crippen molar-refractivity contribution in [3.63, 3.8) is 0 Å². The van der Waals surface area contributed by atoms with Crippen molar-refractivity contribution >= 4 is 0 Å². The van der Waals surface area contributed by atoms with Crippen molar-refractivity contribution in [3.8, 4) is 16.9 Å². The molecule has 1 fully saturated rings. The van der Waals surface area contributed by atoms with Crippen LogP contribution in [0.25, 0.3) is 11.1 Å². The van der Waals surface area contributed by atoms with Crippen LogP contribution in [0.4, 0.5) is 13.2 Å². The van der Waals surface area contributed by atoms with Gasteiger partial charge >= 0.3 is 6.18 Å². The zero-order valence-corrected chi connectivity index (χ0v) is 15.8. The Labute approximate surface area is 167 Å². The minimum Gasteiger partial charge on any atom is -0.489 e. The van der Waals surface area contributed by atoms with Crippen molar-refractivity contribution in [1.82, 2.24) is 15.1 Å². The first-order valence-corrected chi connectivity index (χ1v) is 9.64. The maximum atomic E-state index is 13.7. The van der Waals surface area contributed by atoms with Crippen LogP contribution in [0.3, 0.4) is 0 Å². The van der Waals surface area contributed by atoms with Crippen LogP contribution in [0.15, 0.2) is 60.9 Å². The third-order valence-corrected chi connectivity index (χ3v) is 5.14. The number of benzene rings is 2. The first-order chi connectivity index (χ1) is 14.0. The van der Waals surface area contributed by atoms with Crippen molar-refractivity contribution in [3.05, 3.63) is 72.1 Å². The Bertz CT molecular complexity index is 947. The molecule has 1 aromatic heterocycles. The van der Waals surface area contributed by atoms with E-state index < -0.39 is 11.7 Å². The number of halogens is 3. The standard InChI is InChI=1S/C22H22F3N3O/c23-22(24,25)21-12-19(29-15-16-4-2-1-3-5-16)6-7-20(21)17-13-27-28(14-17)18-8-10-26-11-9-18/h1-7,12-14,18,26H,8-11,15H2. The fourth-order valence-corrected chi connectivity index (χ4v) is 3.59. The van der Waals surface area contributed by atoms with E-state index in [0.717, 1.165) is 37.6 Å². The molecule has 1 aliphatic heterocycles. The number of ether oxygens (including phenoxy) is 1. The molecule has 0 amide bonds. The highest BCUT2D eigenvalue weighted by atomic mass is 19.4. The molecule has 0 bridgehead atoms. The van der Waals surface area contributed by atoms with Crippen molar-refractivity contribution in [2.24, 2.45) is 0 Å². The van der Waals surface area contributed by atoms with Crippen LogP contribution < -0.4 is 10.1 Å². The zero-order valence-electron chi connectivity index (χ0n) is 15.8. The van der Waals surface area contributed by atoms with Gasteiger partial charge in [-0.05, 0) is 55.3 Å². The van der Waals surface area contributed by atoms with Crippen LogP contribution in [-0.4, -0.2) is 22.9 Å². The third kappa shape index (κ3) is 4.62. The molecule has 2 heterocycles. The number of nitrogens with zero attached hydrogens (tertiary/aromatic N) is 2. The molecule has 0 spiro atoms. The van der Waals surface area contributed by atoms with Gasteiger partial charge in [-0.25, -0.2) is 0 Å². The molecule has 0 saturated carbocycles. The highest BCUT2D eigenvalue weighted by Gasteiger charge is 2.34. The summed E-state index contributed by atoms with van der Waals surface area (Å²) in [5, 5.41) is 7.61. The zero-order chi connectivity index (χ0) is 20.3. The van der Waals surface area contributed by atoms with E-state index in [0.29, 0.717) is 5.56 Å². The van der Waals surface area contributed by atoms with E-state index in [-0.39, 0.29) is 24.0 Å². The van der Waals surface area contributed by atoms with Gasteiger partial charge in [0.1, 0.15) is 12.4 Å². The Kier molecular flexibility index (Phi) is 5.58. The van der Waals surface area contributed by atoms with Crippen molar-refractivity contribution in [2.75, 3.05) is 13.1 Å². The molecule has 29 heavy (non-hydrogen) atoms. The van der Waals surface area contributed by atoms with Crippen LogP contribution >= 0.6 is 0 Å². The van der Waals surface area contributed by atoms with Gasteiger partial charge in [-0.1, -0.05) is 30.3 Å². The summed E-state index contributed by atoms with van der Waals surface area (Å²) in [6.07, 6.45) is 0.569. The molecule has 4 nitrogen and oxygen atoms in total. The average molecular weight is 401 g/mol. The molecular weight excluding hydrogens is 379 g/mol. The van der Waals surface area contributed by atoms with E-state index >= 15 is 0 Å². The maximum absolute atomic E-state index is 13.7. The third-order valence-electron chi connectivity index (χ3n) is 5.14. The van der Waals surface area contributed by atoms with Gasteiger partial charge in [-0.15, -0.1) is 0 Å².